The SMILES string of the molecule is COC(=O)/C=C1\CCC2CCN(C(=O)OC(C)(C)C)C=C12. The summed E-state index contributed by atoms with van der Waals surface area (Å²) >= 11 is 0. The Labute approximate surface area is 125 Å². The highest BCUT2D eigenvalue weighted by Crippen LogP contribution is 2.40. The van der Waals surface area contributed by atoms with Crippen molar-refractivity contribution in [2.45, 2.75) is 45.6 Å². The molecule has 1 amide bonds. The maximum atomic E-state index is 12.1. The maximum Gasteiger partial charge on any atom is 0.414 e. The van der Waals surface area contributed by atoms with Crippen molar-refractivity contribution < 1.29 is 19.1 Å². The molecule has 1 unspecified atom stereocenters. The van der Waals surface area contributed by atoms with Crippen LogP contribution in [0.1, 0.15) is 40.0 Å². The van der Waals surface area contributed by atoms with Gasteiger partial charge in [0, 0.05) is 18.8 Å². The molecule has 0 aromatic rings. The summed E-state index contributed by atoms with van der Waals surface area (Å²) in [6.07, 6.45) is 5.82. The zero-order valence-electron chi connectivity index (χ0n) is 13.1. The first-order valence-corrected chi connectivity index (χ1v) is 7.30. The summed E-state index contributed by atoms with van der Waals surface area (Å²) in [5, 5.41) is 0. The van der Waals surface area contributed by atoms with Crippen molar-refractivity contribution >= 4 is 12.1 Å². The van der Waals surface area contributed by atoms with E-state index < -0.39 is 5.60 Å². The fourth-order valence-corrected chi connectivity index (χ4v) is 2.73. The van der Waals surface area contributed by atoms with Gasteiger partial charge >= 0.3 is 12.1 Å². The summed E-state index contributed by atoms with van der Waals surface area (Å²) in [4.78, 5) is 25.2. The van der Waals surface area contributed by atoms with Crippen LogP contribution in [-0.2, 0) is 14.3 Å². The van der Waals surface area contributed by atoms with Crippen molar-refractivity contribution in [3.63, 3.8) is 0 Å². The van der Waals surface area contributed by atoms with Crippen molar-refractivity contribution in [3.8, 4) is 0 Å². The number of fused-ring (bicyclic) bond motifs is 1. The van der Waals surface area contributed by atoms with Crippen LogP contribution in [0.2, 0.25) is 0 Å². The highest BCUT2D eigenvalue weighted by molar-refractivity contribution is 5.84. The average molecular weight is 293 g/mol. The van der Waals surface area contributed by atoms with E-state index in [9.17, 15) is 9.59 Å². The van der Waals surface area contributed by atoms with Crippen molar-refractivity contribution in [2.24, 2.45) is 5.92 Å². The molecule has 2 aliphatic rings. The molecule has 0 saturated heterocycles. The Morgan fingerprint density at radius 1 is 1.33 bits per heavy atom. The summed E-state index contributed by atoms with van der Waals surface area (Å²) in [6.45, 7) is 6.21. The molecule has 0 bridgehead atoms. The van der Waals surface area contributed by atoms with Gasteiger partial charge in [0.2, 0.25) is 0 Å². The van der Waals surface area contributed by atoms with E-state index in [2.05, 4.69) is 4.74 Å². The number of esters is 1. The van der Waals surface area contributed by atoms with E-state index in [1.807, 2.05) is 27.0 Å². The summed E-state index contributed by atoms with van der Waals surface area (Å²) < 4.78 is 10.1. The number of carbonyl (C=O) groups excluding carboxylic acids is 2. The second-order valence-electron chi connectivity index (χ2n) is 6.48. The van der Waals surface area contributed by atoms with E-state index in [0.717, 1.165) is 30.4 Å². The van der Waals surface area contributed by atoms with Crippen LogP contribution < -0.4 is 0 Å². The predicted octanol–water partition coefficient (Wildman–Crippen LogP) is 3.02. The average Bonchev–Trinajstić information content (AvgIpc) is 2.79. The molecule has 1 saturated carbocycles. The van der Waals surface area contributed by atoms with Crippen molar-refractivity contribution in [1.29, 1.82) is 0 Å². The third-order valence-electron chi connectivity index (χ3n) is 3.71. The first-order chi connectivity index (χ1) is 9.80. The van der Waals surface area contributed by atoms with Gasteiger partial charge < -0.3 is 9.47 Å². The maximum absolute atomic E-state index is 12.1. The molecular weight excluding hydrogens is 270 g/mol. The van der Waals surface area contributed by atoms with Crippen molar-refractivity contribution in [1.82, 2.24) is 4.90 Å². The fraction of sp³-hybridized carbons (Fsp3) is 0.625. The third-order valence-corrected chi connectivity index (χ3v) is 3.71. The fourth-order valence-electron chi connectivity index (χ4n) is 2.73. The number of allylic oxidation sites excluding steroid dienone is 2. The Hall–Kier alpha value is -1.78. The topological polar surface area (TPSA) is 55.8 Å². The Kier molecular flexibility index (Phi) is 4.40. The number of methoxy groups -OCH3 is 1. The van der Waals surface area contributed by atoms with Gasteiger partial charge in [0.25, 0.3) is 0 Å². The summed E-state index contributed by atoms with van der Waals surface area (Å²) in [6, 6.07) is 0. The number of ether oxygens (including phenoxy) is 2. The van der Waals surface area contributed by atoms with E-state index in [1.54, 1.807) is 4.90 Å². The van der Waals surface area contributed by atoms with Crippen LogP contribution >= 0.6 is 0 Å². The molecule has 1 fully saturated rings. The summed E-state index contributed by atoms with van der Waals surface area (Å²) in [7, 11) is 1.37. The van der Waals surface area contributed by atoms with Gasteiger partial charge in [-0.2, -0.15) is 0 Å². The van der Waals surface area contributed by atoms with Gasteiger partial charge in [0.15, 0.2) is 0 Å². The first kappa shape index (κ1) is 15.6. The summed E-state index contributed by atoms with van der Waals surface area (Å²) in [5.74, 6) is 0.0838. The molecule has 1 aliphatic carbocycles. The summed E-state index contributed by atoms with van der Waals surface area (Å²) in [5.41, 5.74) is 1.53. The lowest BCUT2D eigenvalue weighted by Crippen LogP contribution is -2.36. The molecule has 1 atom stereocenters. The normalized spacial score (nSPS) is 23.6. The van der Waals surface area contributed by atoms with E-state index in [1.165, 1.54) is 13.2 Å². The molecule has 0 radical (unpaired) electrons. The first-order valence-electron chi connectivity index (χ1n) is 7.30. The van der Waals surface area contributed by atoms with Crippen LogP contribution in [0.4, 0.5) is 4.79 Å². The van der Waals surface area contributed by atoms with Gasteiger partial charge in [0.05, 0.1) is 7.11 Å². The smallest absolute Gasteiger partial charge is 0.414 e. The van der Waals surface area contributed by atoms with E-state index in [4.69, 9.17) is 4.74 Å². The molecule has 5 heteroatoms. The number of carbonyl (C=O) groups is 2. The molecule has 1 aliphatic heterocycles. The zero-order chi connectivity index (χ0) is 15.6. The van der Waals surface area contributed by atoms with Gasteiger partial charge in [-0.15, -0.1) is 0 Å². The monoisotopic (exact) mass is 293 g/mol. The Bertz CT molecular complexity index is 499. The minimum atomic E-state index is -0.507. The number of nitrogens with zero attached hydrogens (tertiary/aromatic N) is 1. The Balaban J connectivity index is 2.17. The van der Waals surface area contributed by atoms with E-state index >= 15 is 0 Å². The van der Waals surface area contributed by atoms with Crippen LogP contribution in [0.25, 0.3) is 0 Å². The number of hydrogen-bond acceptors (Lipinski definition) is 4. The minimum Gasteiger partial charge on any atom is -0.466 e. The molecule has 116 valence electrons. The van der Waals surface area contributed by atoms with Gasteiger partial charge in [-0.25, -0.2) is 9.59 Å². The largest absolute Gasteiger partial charge is 0.466 e. The highest BCUT2D eigenvalue weighted by Gasteiger charge is 2.32. The quantitative estimate of drug-likeness (QED) is 0.551. The van der Waals surface area contributed by atoms with Crippen LogP contribution in [0.3, 0.4) is 0 Å². The van der Waals surface area contributed by atoms with Crippen molar-refractivity contribution in [3.05, 3.63) is 23.4 Å². The molecular formula is C16H23NO4. The van der Waals surface area contributed by atoms with Crippen LogP contribution in [0, 0.1) is 5.92 Å². The Morgan fingerprint density at radius 2 is 2.05 bits per heavy atom. The molecule has 0 aromatic carbocycles. The molecule has 0 spiro atoms. The van der Waals surface area contributed by atoms with Crippen LogP contribution in [0.5, 0.6) is 0 Å². The molecule has 1 heterocycles. The van der Waals surface area contributed by atoms with Gasteiger partial charge in [-0.3, -0.25) is 4.90 Å². The standard InChI is InChI=1S/C16H23NO4/c1-16(2,3)21-15(19)17-8-7-11-5-6-12(13(11)10-17)9-14(18)20-4/h9-11H,5-8H2,1-4H3/b12-9+. The Morgan fingerprint density at radius 3 is 2.67 bits per heavy atom. The predicted molar refractivity (Wildman–Crippen MR) is 78.5 cm³/mol. The molecule has 21 heavy (non-hydrogen) atoms. The highest BCUT2D eigenvalue weighted by atomic mass is 16.6. The number of amides is 1. The van der Waals surface area contributed by atoms with Crippen LogP contribution in [-0.4, -0.2) is 36.2 Å². The van der Waals surface area contributed by atoms with E-state index in [0.29, 0.717) is 12.5 Å². The van der Waals surface area contributed by atoms with Crippen molar-refractivity contribution in [2.75, 3.05) is 13.7 Å². The number of hydrogen-bond donors (Lipinski definition) is 0. The third kappa shape index (κ3) is 3.86. The van der Waals surface area contributed by atoms with Gasteiger partial charge in [-0.05, 0) is 57.1 Å². The minimum absolute atomic E-state index is 0.335. The lowest BCUT2D eigenvalue weighted by molar-refractivity contribution is -0.134. The second kappa shape index (κ2) is 5.92. The molecule has 0 N–H and O–H groups in total. The second-order valence-corrected chi connectivity index (χ2v) is 6.48. The number of rotatable bonds is 1. The van der Waals surface area contributed by atoms with Crippen LogP contribution in [0.15, 0.2) is 23.4 Å². The lowest BCUT2D eigenvalue weighted by Gasteiger charge is -2.30. The lowest BCUT2D eigenvalue weighted by atomic mass is 9.95. The molecule has 0 aromatic heterocycles. The zero-order valence-corrected chi connectivity index (χ0v) is 13.1. The molecule has 2 rings (SSSR count). The van der Waals surface area contributed by atoms with Gasteiger partial charge in [-0.1, -0.05) is 0 Å². The van der Waals surface area contributed by atoms with Gasteiger partial charge in [0.1, 0.15) is 5.60 Å². The van der Waals surface area contributed by atoms with E-state index in [-0.39, 0.29) is 12.1 Å². The molecule has 5 nitrogen and oxygen atoms in total.